The van der Waals surface area contributed by atoms with E-state index in [0.717, 1.165) is 52.7 Å². The number of nitrogens with zero attached hydrogens (tertiary/aromatic N) is 4. The second-order valence-corrected chi connectivity index (χ2v) is 7.44. The molecule has 0 unspecified atom stereocenters. The Morgan fingerprint density at radius 2 is 2.03 bits per heavy atom. The lowest BCUT2D eigenvalue weighted by Gasteiger charge is -2.22. The van der Waals surface area contributed by atoms with Gasteiger partial charge in [0.25, 0.3) is 0 Å². The van der Waals surface area contributed by atoms with Gasteiger partial charge in [0.1, 0.15) is 23.9 Å². The van der Waals surface area contributed by atoms with Crippen LogP contribution in [0.1, 0.15) is 23.7 Å². The van der Waals surface area contributed by atoms with Crippen LogP contribution in [-0.2, 0) is 16.0 Å². The number of aryl methyl sites for hydroxylation is 2. The Morgan fingerprint density at radius 1 is 1.19 bits per heavy atom. The van der Waals surface area contributed by atoms with E-state index >= 15 is 0 Å². The van der Waals surface area contributed by atoms with Crippen molar-refractivity contribution in [1.82, 2.24) is 14.8 Å². The quantitative estimate of drug-likeness (QED) is 0.584. The summed E-state index contributed by atoms with van der Waals surface area (Å²) in [7, 11) is 1.68. The molecule has 0 saturated heterocycles. The summed E-state index contributed by atoms with van der Waals surface area (Å²) >= 11 is 0. The van der Waals surface area contributed by atoms with Gasteiger partial charge < -0.3 is 19.7 Å². The minimum absolute atomic E-state index is 0.0862. The summed E-state index contributed by atoms with van der Waals surface area (Å²) in [5.41, 5.74) is 5.34. The number of methoxy groups -OCH3 is 1. The average molecular weight is 422 g/mol. The molecule has 0 amide bonds. The number of nitrogens with one attached hydrogen (secondary N) is 1. The number of hydrogen-bond donors (Lipinski definition) is 1. The fourth-order valence-electron chi connectivity index (χ4n) is 3.88. The lowest BCUT2D eigenvalue weighted by Crippen LogP contribution is -2.17. The van der Waals surface area contributed by atoms with Crippen molar-refractivity contribution in [3.05, 3.63) is 53.3 Å². The molecule has 1 aliphatic rings. The maximum atomic E-state index is 11.6. The number of hydrogen-bond acceptors (Lipinski definition) is 7. The molecular weight excluding hydrogens is 394 g/mol. The molecule has 0 radical (unpaired) electrons. The minimum Gasteiger partial charge on any atom is -0.497 e. The maximum Gasteiger partial charge on any atom is 0.325 e. The second-order valence-electron chi connectivity index (χ2n) is 7.44. The number of anilines is 3. The highest BCUT2D eigenvalue weighted by Crippen LogP contribution is 2.38. The lowest BCUT2D eigenvalue weighted by molar-refractivity contribution is -0.140. The van der Waals surface area contributed by atoms with Crippen molar-refractivity contribution in [2.24, 2.45) is 0 Å². The third-order valence-electron chi connectivity index (χ3n) is 5.30. The van der Waals surface area contributed by atoms with Crippen molar-refractivity contribution in [2.75, 3.05) is 37.0 Å². The molecule has 0 atom stereocenters. The first kappa shape index (κ1) is 20.7. The molecule has 1 N–H and O–H groups in total. The number of esters is 1. The first-order chi connectivity index (χ1) is 15.0. The standard InChI is InChI=1S/C23H27N5O3/c1-5-31-22(29)14-24-21-9-11-28(26-21)20-13-16(3)25-23-18(20)8-10-27(23)19-7-6-17(30-4)12-15(19)2/h6-7,9,11-13H,5,8,10,14H2,1-4H3,(H,24,26). The Hall–Kier alpha value is -3.55. The molecule has 0 aliphatic carbocycles. The van der Waals surface area contributed by atoms with Crippen LogP contribution in [0.4, 0.5) is 17.3 Å². The van der Waals surface area contributed by atoms with Crippen molar-refractivity contribution in [3.8, 4) is 11.4 Å². The molecule has 4 rings (SSSR count). The van der Waals surface area contributed by atoms with Gasteiger partial charge in [-0.15, -0.1) is 0 Å². The lowest BCUT2D eigenvalue weighted by atomic mass is 10.1. The molecular formula is C23H27N5O3. The average Bonchev–Trinajstić information content (AvgIpc) is 3.39. The van der Waals surface area contributed by atoms with Gasteiger partial charge >= 0.3 is 5.97 Å². The Kier molecular flexibility index (Phi) is 5.79. The van der Waals surface area contributed by atoms with E-state index in [1.165, 1.54) is 0 Å². The van der Waals surface area contributed by atoms with Crippen LogP contribution in [0.5, 0.6) is 5.75 Å². The van der Waals surface area contributed by atoms with Crippen molar-refractivity contribution in [2.45, 2.75) is 27.2 Å². The largest absolute Gasteiger partial charge is 0.497 e. The van der Waals surface area contributed by atoms with Crippen LogP contribution in [0, 0.1) is 13.8 Å². The van der Waals surface area contributed by atoms with Crippen LogP contribution in [-0.4, -0.2) is 47.5 Å². The van der Waals surface area contributed by atoms with Crippen molar-refractivity contribution >= 4 is 23.3 Å². The first-order valence-electron chi connectivity index (χ1n) is 10.4. The topological polar surface area (TPSA) is 81.5 Å². The van der Waals surface area contributed by atoms with Crippen LogP contribution in [0.15, 0.2) is 36.5 Å². The van der Waals surface area contributed by atoms with E-state index in [1.807, 2.05) is 42.1 Å². The summed E-state index contributed by atoms with van der Waals surface area (Å²) in [6.45, 7) is 7.16. The molecule has 31 heavy (non-hydrogen) atoms. The Labute approximate surface area is 181 Å². The van der Waals surface area contributed by atoms with Crippen molar-refractivity contribution in [3.63, 3.8) is 0 Å². The summed E-state index contributed by atoms with van der Waals surface area (Å²) < 4.78 is 12.1. The zero-order valence-electron chi connectivity index (χ0n) is 18.3. The van der Waals surface area contributed by atoms with Gasteiger partial charge in [0, 0.05) is 35.8 Å². The Bertz CT molecular complexity index is 1110. The third kappa shape index (κ3) is 4.19. The molecule has 0 saturated carbocycles. The van der Waals surface area contributed by atoms with Gasteiger partial charge in [-0.25, -0.2) is 9.67 Å². The molecule has 2 aromatic heterocycles. The monoisotopic (exact) mass is 421 g/mol. The predicted molar refractivity (Wildman–Crippen MR) is 120 cm³/mol. The molecule has 8 nitrogen and oxygen atoms in total. The highest BCUT2D eigenvalue weighted by atomic mass is 16.5. The zero-order valence-corrected chi connectivity index (χ0v) is 18.3. The number of aromatic nitrogens is 3. The van der Waals surface area contributed by atoms with E-state index in [0.29, 0.717) is 12.4 Å². The van der Waals surface area contributed by atoms with Crippen LogP contribution in [0.25, 0.3) is 5.69 Å². The predicted octanol–water partition coefficient (Wildman–Crippen LogP) is 3.56. The maximum absolute atomic E-state index is 11.6. The Morgan fingerprint density at radius 3 is 2.77 bits per heavy atom. The second kappa shape index (κ2) is 8.67. The molecule has 0 fully saturated rings. The van der Waals surface area contributed by atoms with Crippen LogP contribution in [0.3, 0.4) is 0 Å². The summed E-state index contributed by atoms with van der Waals surface area (Å²) in [6, 6.07) is 10.00. The molecule has 0 spiro atoms. The fraction of sp³-hybridized carbons (Fsp3) is 0.348. The van der Waals surface area contributed by atoms with E-state index in [4.69, 9.17) is 14.5 Å². The SMILES string of the molecule is CCOC(=O)CNc1ccn(-c2cc(C)nc3c2CCN3c2ccc(OC)cc2C)n1. The number of pyridine rings is 1. The summed E-state index contributed by atoms with van der Waals surface area (Å²) in [4.78, 5) is 18.7. The fourth-order valence-corrected chi connectivity index (χ4v) is 3.88. The molecule has 3 heterocycles. The van der Waals surface area contributed by atoms with Gasteiger partial charge in [0.2, 0.25) is 0 Å². The van der Waals surface area contributed by atoms with E-state index < -0.39 is 0 Å². The van der Waals surface area contributed by atoms with E-state index in [2.05, 4.69) is 28.3 Å². The highest BCUT2D eigenvalue weighted by molar-refractivity contribution is 5.75. The van der Waals surface area contributed by atoms with Crippen LogP contribution >= 0.6 is 0 Å². The highest BCUT2D eigenvalue weighted by Gasteiger charge is 2.27. The Balaban J connectivity index is 1.63. The summed E-state index contributed by atoms with van der Waals surface area (Å²) in [6.07, 6.45) is 2.76. The molecule has 1 aliphatic heterocycles. The zero-order chi connectivity index (χ0) is 22.0. The molecule has 8 heteroatoms. The first-order valence-corrected chi connectivity index (χ1v) is 10.4. The number of rotatable bonds is 7. The smallest absolute Gasteiger partial charge is 0.325 e. The minimum atomic E-state index is -0.303. The van der Waals surface area contributed by atoms with Gasteiger partial charge in [-0.2, -0.15) is 5.10 Å². The van der Waals surface area contributed by atoms with Crippen LogP contribution in [0.2, 0.25) is 0 Å². The van der Waals surface area contributed by atoms with E-state index in [-0.39, 0.29) is 12.5 Å². The summed E-state index contributed by atoms with van der Waals surface area (Å²) in [5.74, 6) is 2.12. The van der Waals surface area contributed by atoms with Gasteiger partial charge in [0.15, 0.2) is 0 Å². The molecule has 3 aromatic rings. The van der Waals surface area contributed by atoms with Crippen molar-refractivity contribution < 1.29 is 14.3 Å². The molecule has 0 bridgehead atoms. The summed E-state index contributed by atoms with van der Waals surface area (Å²) in [5, 5.41) is 7.61. The number of carbonyl (C=O) groups excluding carboxylic acids is 1. The number of benzene rings is 1. The molecule has 1 aromatic carbocycles. The van der Waals surface area contributed by atoms with Gasteiger partial charge in [-0.3, -0.25) is 4.79 Å². The number of fused-ring (bicyclic) bond motifs is 1. The van der Waals surface area contributed by atoms with Gasteiger partial charge in [-0.1, -0.05) is 0 Å². The van der Waals surface area contributed by atoms with Crippen molar-refractivity contribution in [1.29, 1.82) is 0 Å². The third-order valence-corrected chi connectivity index (χ3v) is 5.30. The number of ether oxygens (including phenoxy) is 2. The van der Waals surface area contributed by atoms with Gasteiger partial charge in [0.05, 0.1) is 19.4 Å². The van der Waals surface area contributed by atoms with Crippen LogP contribution < -0.4 is 15.0 Å². The van der Waals surface area contributed by atoms with E-state index in [1.54, 1.807) is 14.0 Å². The van der Waals surface area contributed by atoms with Gasteiger partial charge in [-0.05, 0) is 57.0 Å². The number of carbonyl (C=O) groups is 1. The molecule has 162 valence electrons. The normalized spacial score (nSPS) is 12.6. The van der Waals surface area contributed by atoms with E-state index in [9.17, 15) is 4.79 Å².